The van der Waals surface area contributed by atoms with E-state index in [4.69, 9.17) is 23.2 Å². The van der Waals surface area contributed by atoms with E-state index in [1.165, 1.54) is 0 Å². The highest BCUT2D eigenvalue weighted by Gasteiger charge is 2.04. The molecule has 0 heterocycles. The first kappa shape index (κ1) is 15.7. The van der Waals surface area contributed by atoms with Gasteiger partial charge < -0.3 is 10.4 Å². The first-order valence-corrected chi connectivity index (χ1v) is 7.29. The van der Waals surface area contributed by atoms with E-state index in [-0.39, 0.29) is 11.7 Å². The molecule has 0 aliphatic carbocycles. The molecule has 0 aromatic heterocycles. The third-order valence-corrected chi connectivity index (χ3v) is 3.79. The largest absolute Gasteiger partial charge is 0.508 e. The number of halogens is 2. The van der Waals surface area contributed by atoms with Crippen molar-refractivity contribution in [2.45, 2.75) is 19.4 Å². The number of aromatic hydroxyl groups is 1. The van der Waals surface area contributed by atoms with Crippen molar-refractivity contribution in [2.75, 3.05) is 0 Å². The van der Waals surface area contributed by atoms with Gasteiger partial charge in [0.2, 0.25) is 5.91 Å². The molecule has 5 heteroatoms. The second-order valence-electron chi connectivity index (χ2n) is 4.69. The molecule has 21 heavy (non-hydrogen) atoms. The van der Waals surface area contributed by atoms with Gasteiger partial charge in [0, 0.05) is 13.0 Å². The highest BCUT2D eigenvalue weighted by molar-refractivity contribution is 6.42. The molecule has 0 radical (unpaired) electrons. The summed E-state index contributed by atoms with van der Waals surface area (Å²) < 4.78 is 0. The van der Waals surface area contributed by atoms with Crippen LogP contribution in [-0.4, -0.2) is 11.0 Å². The van der Waals surface area contributed by atoms with Gasteiger partial charge in [-0.1, -0.05) is 41.4 Å². The van der Waals surface area contributed by atoms with Gasteiger partial charge in [0.05, 0.1) is 10.0 Å². The lowest BCUT2D eigenvalue weighted by molar-refractivity contribution is -0.121. The summed E-state index contributed by atoms with van der Waals surface area (Å²) in [5.41, 5.74) is 1.92. The van der Waals surface area contributed by atoms with Crippen molar-refractivity contribution in [1.82, 2.24) is 5.32 Å². The Kier molecular flexibility index (Phi) is 5.48. The maximum atomic E-state index is 11.8. The first-order valence-electron chi connectivity index (χ1n) is 6.53. The molecule has 2 rings (SSSR count). The molecule has 2 N–H and O–H groups in total. The highest BCUT2D eigenvalue weighted by Crippen LogP contribution is 2.22. The van der Waals surface area contributed by atoms with Crippen molar-refractivity contribution in [3.05, 3.63) is 63.6 Å². The number of hydrogen-bond acceptors (Lipinski definition) is 2. The van der Waals surface area contributed by atoms with Crippen molar-refractivity contribution in [3.63, 3.8) is 0 Å². The number of carbonyl (C=O) groups is 1. The predicted octanol–water partition coefficient (Wildman–Crippen LogP) is 3.95. The Bertz CT molecular complexity index is 627. The Balaban J connectivity index is 1.79. The summed E-state index contributed by atoms with van der Waals surface area (Å²) in [6.45, 7) is 0.422. The van der Waals surface area contributed by atoms with E-state index < -0.39 is 0 Å². The zero-order valence-electron chi connectivity index (χ0n) is 11.3. The van der Waals surface area contributed by atoms with Crippen LogP contribution in [-0.2, 0) is 17.8 Å². The van der Waals surface area contributed by atoms with E-state index in [9.17, 15) is 9.90 Å². The Labute approximate surface area is 133 Å². The van der Waals surface area contributed by atoms with Crippen LogP contribution in [0, 0.1) is 0 Å². The third-order valence-electron chi connectivity index (χ3n) is 3.05. The number of aryl methyl sites for hydroxylation is 1. The van der Waals surface area contributed by atoms with Crippen LogP contribution in [0.3, 0.4) is 0 Å². The van der Waals surface area contributed by atoms with Crippen LogP contribution < -0.4 is 5.32 Å². The quantitative estimate of drug-likeness (QED) is 0.875. The lowest BCUT2D eigenvalue weighted by atomic mass is 10.1. The molecule has 110 valence electrons. The van der Waals surface area contributed by atoms with Gasteiger partial charge in [-0.2, -0.15) is 0 Å². The minimum absolute atomic E-state index is 0.0332. The number of phenolic OH excluding ortho intramolecular Hbond substituents is 1. The number of hydrogen-bond donors (Lipinski definition) is 2. The van der Waals surface area contributed by atoms with Crippen LogP contribution in [0.25, 0.3) is 0 Å². The van der Waals surface area contributed by atoms with Crippen LogP contribution >= 0.6 is 23.2 Å². The van der Waals surface area contributed by atoms with Gasteiger partial charge in [0.1, 0.15) is 5.75 Å². The van der Waals surface area contributed by atoms with Gasteiger partial charge in [0.15, 0.2) is 0 Å². The van der Waals surface area contributed by atoms with Gasteiger partial charge in [-0.15, -0.1) is 0 Å². The van der Waals surface area contributed by atoms with Gasteiger partial charge >= 0.3 is 0 Å². The van der Waals surface area contributed by atoms with Crippen LogP contribution in [0.1, 0.15) is 17.5 Å². The third kappa shape index (κ3) is 4.96. The molecule has 2 aromatic carbocycles. The summed E-state index contributed by atoms with van der Waals surface area (Å²) >= 11 is 11.8. The summed E-state index contributed by atoms with van der Waals surface area (Å²) in [6.07, 6.45) is 1.03. The van der Waals surface area contributed by atoms with E-state index in [2.05, 4.69) is 5.32 Å². The topological polar surface area (TPSA) is 49.3 Å². The minimum Gasteiger partial charge on any atom is -0.508 e. The summed E-state index contributed by atoms with van der Waals surface area (Å²) in [7, 11) is 0. The van der Waals surface area contributed by atoms with E-state index in [1.54, 1.807) is 24.3 Å². The van der Waals surface area contributed by atoms with Crippen molar-refractivity contribution in [3.8, 4) is 5.75 Å². The molecular formula is C16H15Cl2NO2. The van der Waals surface area contributed by atoms with Crippen molar-refractivity contribution >= 4 is 29.1 Å². The summed E-state index contributed by atoms with van der Waals surface area (Å²) in [4.78, 5) is 11.8. The molecule has 0 atom stereocenters. The van der Waals surface area contributed by atoms with Gasteiger partial charge in [0.25, 0.3) is 0 Å². The molecular weight excluding hydrogens is 309 g/mol. The van der Waals surface area contributed by atoms with Crippen LogP contribution in [0.2, 0.25) is 10.0 Å². The Morgan fingerprint density at radius 3 is 2.33 bits per heavy atom. The monoisotopic (exact) mass is 323 g/mol. The standard InChI is InChI=1S/C16H15Cl2NO2/c17-14-7-3-12(9-15(14)18)10-19-16(21)8-4-11-1-5-13(20)6-2-11/h1-3,5-7,9,20H,4,8,10H2,(H,19,21). The minimum atomic E-state index is -0.0332. The van der Waals surface area contributed by atoms with Gasteiger partial charge in [-0.3, -0.25) is 4.79 Å². The maximum absolute atomic E-state index is 11.8. The number of phenols is 1. The Hall–Kier alpha value is -1.71. The molecule has 3 nitrogen and oxygen atoms in total. The van der Waals surface area contributed by atoms with Crippen molar-refractivity contribution in [2.24, 2.45) is 0 Å². The normalized spacial score (nSPS) is 10.4. The second-order valence-corrected chi connectivity index (χ2v) is 5.51. The van der Waals surface area contributed by atoms with Crippen LogP contribution in [0.15, 0.2) is 42.5 Å². The van der Waals surface area contributed by atoms with Crippen LogP contribution in [0.5, 0.6) is 5.75 Å². The second kappa shape index (κ2) is 7.34. The molecule has 0 saturated heterocycles. The lowest BCUT2D eigenvalue weighted by Gasteiger charge is -2.07. The number of benzene rings is 2. The average molecular weight is 324 g/mol. The molecule has 0 saturated carbocycles. The molecule has 0 bridgehead atoms. The SMILES string of the molecule is O=C(CCc1ccc(O)cc1)NCc1ccc(Cl)c(Cl)c1. The fraction of sp³-hybridized carbons (Fsp3) is 0.188. The fourth-order valence-corrected chi connectivity index (χ4v) is 2.18. The zero-order valence-corrected chi connectivity index (χ0v) is 12.8. The highest BCUT2D eigenvalue weighted by atomic mass is 35.5. The molecule has 0 fully saturated rings. The van der Waals surface area contributed by atoms with E-state index in [0.29, 0.717) is 29.4 Å². The van der Waals surface area contributed by atoms with E-state index in [1.807, 2.05) is 18.2 Å². The van der Waals surface area contributed by atoms with Crippen molar-refractivity contribution in [1.29, 1.82) is 0 Å². The number of amides is 1. The van der Waals surface area contributed by atoms with Crippen LogP contribution in [0.4, 0.5) is 0 Å². The van der Waals surface area contributed by atoms with E-state index in [0.717, 1.165) is 11.1 Å². The molecule has 0 aliphatic heterocycles. The molecule has 0 aliphatic rings. The summed E-state index contributed by atoms with van der Waals surface area (Å²) in [5.74, 6) is 0.192. The molecule has 2 aromatic rings. The maximum Gasteiger partial charge on any atom is 0.220 e. The molecule has 0 spiro atoms. The molecule has 1 amide bonds. The fourth-order valence-electron chi connectivity index (χ4n) is 1.86. The summed E-state index contributed by atoms with van der Waals surface area (Å²) in [5, 5.41) is 13.0. The van der Waals surface area contributed by atoms with Gasteiger partial charge in [-0.05, 0) is 41.8 Å². The zero-order chi connectivity index (χ0) is 15.2. The Morgan fingerprint density at radius 1 is 1.00 bits per heavy atom. The Morgan fingerprint density at radius 2 is 1.67 bits per heavy atom. The average Bonchev–Trinajstić information content (AvgIpc) is 2.48. The molecule has 0 unspecified atom stereocenters. The first-order chi connectivity index (χ1) is 10.0. The lowest BCUT2D eigenvalue weighted by Crippen LogP contribution is -2.22. The number of rotatable bonds is 5. The van der Waals surface area contributed by atoms with Crippen molar-refractivity contribution < 1.29 is 9.90 Å². The van der Waals surface area contributed by atoms with Gasteiger partial charge in [-0.25, -0.2) is 0 Å². The summed E-state index contributed by atoms with van der Waals surface area (Å²) in [6, 6.07) is 12.1. The van der Waals surface area contributed by atoms with E-state index >= 15 is 0 Å². The predicted molar refractivity (Wildman–Crippen MR) is 84.7 cm³/mol. The smallest absolute Gasteiger partial charge is 0.220 e. The number of carbonyl (C=O) groups excluding carboxylic acids is 1. The number of nitrogens with one attached hydrogen (secondary N) is 1.